The summed E-state index contributed by atoms with van der Waals surface area (Å²) in [5, 5.41) is 6.68. The van der Waals surface area contributed by atoms with Gasteiger partial charge in [0, 0.05) is 44.8 Å². The summed E-state index contributed by atoms with van der Waals surface area (Å²) in [6.07, 6.45) is 5.73. The van der Waals surface area contributed by atoms with Gasteiger partial charge in [0.1, 0.15) is 5.76 Å². The second-order valence-electron chi connectivity index (χ2n) is 7.38. The first-order valence-corrected chi connectivity index (χ1v) is 11.2. The Balaban J connectivity index is 1.28. The Bertz CT molecular complexity index is 1050. The second kappa shape index (κ2) is 9.74. The maximum absolute atomic E-state index is 12.5. The summed E-state index contributed by atoms with van der Waals surface area (Å²) in [4.78, 5) is 30.8. The molecule has 2 aromatic heterocycles. The van der Waals surface area contributed by atoms with Gasteiger partial charge in [0.15, 0.2) is 10.9 Å². The Morgan fingerprint density at radius 3 is 2.81 bits per heavy atom. The van der Waals surface area contributed by atoms with Crippen LogP contribution in [0.25, 0.3) is 0 Å². The molecule has 3 aromatic rings. The van der Waals surface area contributed by atoms with Crippen molar-refractivity contribution >= 4 is 29.4 Å². The number of aryl methyl sites for hydroxylation is 1. The quantitative estimate of drug-likeness (QED) is 0.546. The molecule has 1 aliphatic rings. The molecule has 0 radical (unpaired) electrons. The number of urea groups is 1. The van der Waals surface area contributed by atoms with E-state index in [1.165, 1.54) is 0 Å². The summed E-state index contributed by atoms with van der Waals surface area (Å²) < 4.78 is 7.61. The molecule has 0 bridgehead atoms. The zero-order valence-electron chi connectivity index (χ0n) is 17.3. The largest absolute Gasteiger partial charge is 0.455 e. The summed E-state index contributed by atoms with van der Waals surface area (Å²) in [7, 11) is 1.93. The SMILES string of the molecule is Cn1ccnc1SCc1ccc(C(=O)NCc2cccc(NC(=O)N3CCCC3)c2)o1. The number of nitrogens with zero attached hydrogens (tertiary/aromatic N) is 3. The number of likely N-dealkylation sites (tertiary alicyclic amines) is 1. The number of thioether (sulfide) groups is 1. The van der Waals surface area contributed by atoms with Gasteiger partial charge in [0.05, 0.1) is 5.75 Å². The third-order valence-corrected chi connectivity index (χ3v) is 6.11. The van der Waals surface area contributed by atoms with Gasteiger partial charge in [-0.15, -0.1) is 0 Å². The smallest absolute Gasteiger partial charge is 0.321 e. The number of imidazole rings is 1. The number of rotatable bonds is 7. The van der Waals surface area contributed by atoms with Crippen LogP contribution in [0.5, 0.6) is 0 Å². The Kier molecular flexibility index (Phi) is 6.61. The summed E-state index contributed by atoms with van der Waals surface area (Å²) in [5.41, 5.74) is 1.61. The van der Waals surface area contributed by atoms with Crippen molar-refractivity contribution in [2.45, 2.75) is 30.3 Å². The van der Waals surface area contributed by atoms with Crippen LogP contribution in [0.3, 0.4) is 0 Å². The van der Waals surface area contributed by atoms with Gasteiger partial charge in [-0.25, -0.2) is 9.78 Å². The molecule has 4 rings (SSSR count). The van der Waals surface area contributed by atoms with Crippen LogP contribution in [0.2, 0.25) is 0 Å². The van der Waals surface area contributed by atoms with Crippen LogP contribution in [0, 0.1) is 0 Å². The average molecular weight is 440 g/mol. The van der Waals surface area contributed by atoms with Crippen molar-refractivity contribution in [3.63, 3.8) is 0 Å². The number of carbonyl (C=O) groups is 2. The highest BCUT2D eigenvalue weighted by atomic mass is 32.2. The molecule has 3 amide bonds. The molecule has 9 heteroatoms. The maximum atomic E-state index is 12.5. The van der Waals surface area contributed by atoms with Crippen LogP contribution in [-0.2, 0) is 19.3 Å². The lowest BCUT2D eigenvalue weighted by molar-refractivity contribution is 0.0921. The maximum Gasteiger partial charge on any atom is 0.321 e. The van der Waals surface area contributed by atoms with Gasteiger partial charge in [-0.1, -0.05) is 23.9 Å². The van der Waals surface area contributed by atoms with E-state index in [1.54, 1.807) is 30.1 Å². The number of hydrogen-bond donors (Lipinski definition) is 2. The minimum absolute atomic E-state index is 0.0785. The predicted octanol–water partition coefficient (Wildman–Crippen LogP) is 3.86. The van der Waals surface area contributed by atoms with Crippen molar-refractivity contribution in [2.24, 2.45) is 7.05 Å². The second-order valence-corrected chi connectivity index (χ2v) is 8.33. The van der Waals surface area contributed by atoms with E-state index in [4.69, 9.17) is 4.42 Å². The van der Waals surface area contributed by atoms with Gasteiger partial charge in [-0.3, -0.25) is 4.79 Å². The van der Waals surface area contributed by atoms with E-state index in [9.17, 15) is 9.59 Å². The molecular formula is C22H25N5O3S. The Morgan fingerprint density at radius 1 is 1.19 bits per heavy atom. The lowest BCUT2D eigenvalue weighted by atomic mass is 10.2. The summed E-state index contributed by atoms with van der Waals surface area (Å²) in [6, 6.07) is 10.9. The van der Waals surface area contributed by atoms with E-state index >= 15 is 0 Å². The van der Waals surface area contributed by atoms with Crippen molar-refractivity contribution in [1.29, 1.82) is 0 Å². The molecule has 0 aliphatic carbocycles. The summed E-state index contributed by atoms with van der Waals surface area (Å²) in [5.74, 6) is 1.30. The Hall–Kier alpha value is -3.20. The topological polar surface area (TPSA) is 92.4 Å². The average Bonchev–Trinajstić information content (AvgIpc) is 3.53. The molecular weight excluding hydrogens is 414 g/mol. The molecule has 2 N–H and O–H groups in total. The molecule has 8 nitrogen and oxygen atoms in total. The molecule has 162 valence electrons. The monoisotopic (exact) mass is 439 g/mol. The number of hydrogen-bond acceptors (Lipinski definition) is 5. The van der Waals surface area contributed by atoms with Crippen LogP contribution in [-0.4, -0.2) is 39.5 Å². The van der Waals surface area contributed by atoms with Crippen LogP contribution in [0.4, 0.5) is 10.5 Å². The number of benzene rings is 1. The van der Waals surface area contributed by atoms with Gasteiger partial charge < -0.3 is 24.5 Å². The molecule has 3 heterocycles. The predicted molar refractivity (Wildman–Crippen MR) is 119 cm³/mol. The van der Waals surface area contributed by atoms with E-state index in [0.717, 1.165) is 42.3 Å². The first-order chi connectivity index (χ1) is 15.1. The fourth-order valence-corrected chi connectivity index (χ4v) is 4.18. The third kappa shape index (κ3) is 5.49. The van der Waals surface area contributed by atoms with Gasteiger partial charge in [0.2, 0.25) is 0 Å². The number of aromatic nitrogens is 2. The molecule has 1 aromatic carbocycles. The molecule has 31 heavy (non-hydrogen) atoms. The highest BCUT2D eigenvalue weighted by molar-refractivity contribution is 7.98. The summed E-state index contributed by atoms with van der Waals surface area (Å²) in [6.45, 7) is 1.93. The molecule has 0 spiro atoms. The van der Waals surface area contributed by atoms with Crippen LogP contribution in [0.1, 0.15) is 34.7 Å². The zero-order valence-corrected chi connectivity index (χ0v) is 18.2. The number of anilines is 1. The van der Waals surface area contributed by atoms with E-state index in [-0.39, 0.29) is 17.7 Å². The van der Waals surface area contributed by atoms with Gasteiger partial charge in [-0.05, 0) is 42.7 Å². The number of furan rings is 1. The fraction of sp³-hybridized carbons (Fsp3) is 0.318. The first-order valence-electron chi connectivity index (χ1n) is 10.2. The van der Waals surface area contributed by atoms with E-state index in [1.807, 2.05) is 47.0 Å². The molecule has 0 unspecified atom stereocenters. The van der Waals surface area contributed by atoms with Crippen LogP contribution < -0.4 is 10.6 Å². The summed E-state index contributed by atoms with van der Waals surface area (Å²) >= 11 is 1.55. The standard InChI is InChI=1S/C22H25N5O3S/c1-26-12-9-23-22(26)31-15-18-7-8-19(30-18)20(28)24-14-16-5-4-6-17(13-16)25-21(29)27-10-2-3-11-27/h4-9,12-13H,2-3,10-11,14-15H2,1H3,(H,24,28)(H,25,29). The van der Waals surface area contributed by atoms with E-state index < -0.39 is 0 Å². The number of carbonyl (C=O) groups excluding carboxylic acids is 2. The fourth-order valence-electron chi connectivity index (χ4n) is 3.36. The Morgan fingerprint density at radius 2 is 2.03 bits per heavy atom. The molecule has 1 saturated heterocycles. The van der Waals surface area contributed by atoms with Gasteiger partial charge in [-0.2, -0.15) is 0 Å². The normalized spacial score (nSPS) is 13.4. The lowest BCUT2D eigenvalue weighted by Crippen LogP contribution is -2.32. The Labute approximate surface area is 185 Å². The van der Waals surface area contributed by atoms with Crippen LogP contribution >= 0.6 is 11.8 Å². The minimum atomic E-state index is -0.278. The van der Waals surface area contributed by atoms with Crippen LogP contribution in [0.15, 0.2) is 58.4 Å². The lowest BCUT2D eigenvalue weighted by Gasteiger charge is -2.16. The number of amides is 3. The van der Waals surface area contributed by atoms with E-state index in [0.29, 0.717) is 18.1 Å². The van der Waals surface area contributed by atoms with Crippen molar-refractivity contribution in [3.05, 3.63) is 65.9 Å². The third-order valence-electron chi connectivity index (χ3n) is 5.03. The van der Waals surface area contributed by atoms with Crippen molar-refractivity contribution in [1.82, 2.24) is 19.8 Å². The highest BCUT2D eigenvalue weighted by Gasteiger charge is 2.18. The molecule has 1 aliphatic heterocycles. The molecule has 0 saturated carbocycles. The molecule has 0 atom stereocenters. The highest BCUT2D eigenvalue weighted by Crippen LogP contribution is 2.22. The van der Waals surface area contributed by atoms with Gasteiger partial charge >= 0.3 is 6.03 Å². The number of nitrogens with one attached hydrogen (secondary N) is 2. The minimum Gasteiger partial charge on any atom is -0.455 e. The van der Waals surface area contributed by atoms with Crippen molar-refractivity contribution < 1.29 is 14.0 Å². The zero-order chi connectivity index (χ0) is 21.6. The van der Waals surface area contributed by atoms with E-state index in [2.05, 4.69) is 15.6 Å². The van der Waals surface area contributed by atoms with Crippen molar-refractivity contribution in [3.8, 4) is 0 Å². The molecule has 1 fully saturated rings. The van der Waals surface area contributed by atoms with Crippen molar-refractivity contribution in [2.75, 3.05) is 18.4 Å². The van der Waals surface area contributed by atoms with Gasteiger partial charge in [0.25, 0.3) is 5.91 Å². The first kappa shape index (κ1) is 21.0.